The molecule has 9 nitrogen and oxygen atoms in total. The molecule has 2 saturated heterocycles. The van der Waals surface area contributed by atoms with Gasteiger partial charge in [-0.15, -0.1) is 0 Å². The molecule has 0 spiro atoms. The summed E-state index contributed by atoms with van der Waals surface area (Å²) >= 11 is 0. The fourth-order valence-electron chi connectivity index (χ4n) is 6.13. The number of nitrogens with zero attached hydrogens (tertiary/aromatic N) is 5. The van der Waals surface area contributed by atoms with Crippen LogP contribution in [0.4, 0.5) is 0 Å². The lowest BCUT2D eigenvalue weighted by Crippen LogP contribution is -2.43. The fraction of sp³-hybridized carbons (Fsp3) is 0.364. The minimum Gasteiger partial charge on any atom is -0.339 e. The van der Waals surface area contributed by atoms with E-state index in [1.165, 1.54) is 11.1 Å². The third-order valence-corrected chi connectivity index (χ3v) is 8.72. The third-order valence-electron chi connectivity index (χ3n) is 8.72. The molecule has 0 aliphatic carbocycles. The molecule has 2 amide bonds. The van der Waals surface area contributed by atoms with Crippen molar-refractivity contribution in [2.75, 3.05) is 46.3 Å². The SMILES string of the molecule is CN1CCN(Cc2cccc(C(=O)N3CCC(c4cnc5c(ccn5Cc5ccc(C(=O)NO)cc5)c4)CC3)c2)CC1. The fourth-order valence-corrected chi connectivity index (χ4v) is 6.13. The summed E-state index contributed by atoms with van der Waals surface area (Å²) in [6.45, 7) is 7.32. The maximum atomic E-state index is 13.4. The van der Waals surface area contributed by atoms with Crippen molar-refractivity contribution in [1.82, 2.24) is 29.7 Å². The number of aromatic nitrogens is 2. The number of amides is 2. The lowest BCUT2D eigenvalue weighted by molar-refractivity contribution is 0.0703. The van der Waals surface area contributed by atoms with Gasteiger partial charge in [-0.25, -0.2) is 10.5 Å². The average molecular weight is 567 g/mol. The van der Waals surface area contributed by atoms with E-state index in [0.29, 0.717) is 18.0 Å². The van der Waals surface area contributed by atoms with Crippen molar-refractivity contribution in [3.63, 3.8) is 0 Å². The summed E-state index contributed by atoms with van der Waals surface area (Å²) in [5, 5.41) is 9.91. The molecule has 2 aliphatic heterocycles. The second kappa shape index (κ2) is 12.4. The maximum absolute atomic E-state index is 13.4. The largest absolute Gasteiger partial charge is 0.339 e. The molecule has 0 atom stereocenters. The molecule has 0 radical (unpaired) electrons. The number of piperazine rings is 1. The highest BCUT2D eigenvalue weighted by molar-refractivity contribution is 5.94. The summed E-state index contributed by atoms with van der Waals surface area (Å²) in [6, 6.07) is 19.6. The molecule has 6 rings (SSSR count). The normalized spacial score (nSPS) is 17.0. The number of carbonyl (C=O) groups excluding carboxylic acids is 2. The van der Waals surface area contributed by atoms with Crippen LogP contribution < -0.4 is 5.48 Å². The Hall–Kier alpha value is -4.05. The van der Waals surface area contributed by atoms with Gasteiger partial charge in [-0.1, -0.05) is 24.3 Å². The molecule has 2 aromatic carbocycles. The van der Waals surface area contributed by atoms with Crippen molar-refractivity contribution in [2.45, 2.75) is 31.8 Å². The zero-order chi connectivity index (χ0) is 29.1. The Morgan fingerprint density at radius 3 is 2.38 bits per heavy atom. The lowest BCUT2D eigenvalue weighted by atomic mass is 9.90. The Morgan fingerprint density at radius 1 is 0.881 bits per heavy atom. The van der Waals surface area contributed by atoms with Gasteiger partial charge in [0, 0.05) is 81.3 Å². The van der Waals surface area contributed by atoms with Gasteiger partial charge in [0.05, 0.1) is 0 Å². The van der Waals surface area contributed by atoms with Gasteiger partial charge >= 0.3 is 0 Å². The second-order valence-corrected chi connectivity index (χ2v) is 11.6. The summed E-state index contributed by atoms with van der Waals surface area (Å²) in [7, 11) is 2.17. The Labute approximate surface area is 246 Å². The number of carbonyl (C=O) groups is 2. The number of pyridine rings is 1. The van der Waals surface area contributed by atoms with Crippen LogP contribution in [-0.4, -0.2) is 87.6 Å². The van der Waals surface area contributed by atoms with Crippen LogP contribution >= 0.6 is 0 Å². The standard InChI is InChI=1S/C33H38N6O3/c1-36-15-17-37(18-16-36)22-25-3-2-4-29(19-25)33(41)38-12-9-26(10-13-38)30-20-28-11-14-39(31(28)34-21-30)23-24-5-7-27(8-6-24)32(40)35-42/h2-8,11,14,19-21,26,42H,9-10,12-13,15-18,22-23H2,1H3,(H,35,40). The van der Waals surface area contributed by atoms with Gasteiger partial charge in [0.25, 0.3) is 11.8 Å². The summed E-state index contributed by atoms with van der Waals surface area (Å²) in [5.74, 6) is -0.0179. The van der Waals surface area contributed by atoms with E-state index in [-0.39, 0.29) is 5.91 Å². The number of piperidine rings is 1. The van der Waals surface area contributed by atoms with Crippen molar-refractivity contribution < 1.29 is 14.8 Å². The monoisotopic (exact) mass is 566 g/mol. The predicted molar refractivity (Wildman–Crippen MR) is 162 cm³/mol. The molecule has 218 valence electrons. The van der Waals surface area contributed by atoms with Crippen LogP contribution in [0.5, 0.6) is 0 Å². The first-order valence-corrected chi connectivity index (χ1v) is 14.7. The number of fused-ring (bicyclic) bond motifs is 1. The van der Waals surface area contributed by atoms with E-state index < -0.39 is 5.91 Å². The molecule has 4 aromatic rings. The molecule has 2 aliphatic rings. The minimum atomic E-state index is -0.525. The molecule has 2 N–H and O–H groups in total. The van der Waals surface area contributed by atoms with Gasteiger partial charge in [0.2, 0.25) is 0 Å². The number of hydroxylamine groups is 1. The van der Waals surface area contributed by atoms with E-state index in [0.717, 1.165) is 80.8 Å². The van der Waals surface area contributed by atoms with E-state index in [2.05, 4.69) is 45.7 Å². The van der Waals surface area contributed by atoms with Gasteiger partial charge in [-0.3, -0.25) is 19.7 Å². The van der Waals surface area contributed by atoms with Crippen molar-refractivity contribution in [3.05, 3.63) is 101 Å². The first-order valence-electron chi connectivity index (χ1n) is 14.7. The zero-order valence-electron chi connectivity index (χ0n) is 24.1. The minimum absolute atomic E-state index is 0.129. The Morgan fingerprint density at radius 2 is 1.64 bits per heavy atom. The topological polar surface area (TPSA) is 93.9 Å². The molecule has 9 heteroatoms. The summed E-state index contributed by atoms with van der Waals surface area (Å²) < 4.78 is 2.10. The van der Waals surface area contributed by atoms with E-state index in [1.54, 1.807) is 17.6 Å². The smallest absolute Gasteiger partial charge is 0.274 e. The highest BCUT2D eigenvalue weighted by Gasteiger charge is 2.25. The van der Waals surface area contributed by atoms with Crippen LogP contribution in [0.2, 0.25) is 0 Å². The third kappa shape index (κ3) is 6.23. The van der Waals surface area contributed by atoms with E-state index >= 15 is 0 Å². The molecule has 4 heterocycles. The van der Waals surface area contributed by atoms with Gasteiger partial charge < -0.3 is 14.4 Å². The van der Waals surface area contributed by atoms with Gasteiger partial charge in [-0.2, -0.15) is 0 Å². The van der Waals surface area contributed by atoms with Gasteiger partial charge in [-0.05, 0) is 78.9 Å². The molecule has 0 unspecified atom stereocenters. The number of likely N-dealkylation sites (tertiary alicyclic amines) is 1. The van der Waals surface area contributed by atoms with Gasteiger partial charge in [0.15, 0.2) is 0 Å². The van der Waals surface area contributed by atoms with Crippen LogP contribution in [0.25, 0.3) is 11.0 Å². The lowest BCUT2D eigenvalue weighted by Gasteiger charge is -2.33. The van der Waals surface area contributed by atoms with E-state index in [1.807, 2.05) is 41.6 Å². The van der Waals surface area contributed by atoms with Crippen molar-refractivity contribution >= 4 is 22.8 Å². The van der Waals surface area contributed by atoms with Crippen molar-refractivity contribution in [1.29, 1.82) is 0 Å². The molecule has 0 saturated carbocycles. The first-order chi connectivity index (χ1) is 20.5. The van der Waals surface area contributed by atoms with Crippen molar-refractivity contribution in [2.24, 2.45) is 0 Å². The van der Waals surface area contributed by atoms with Crippen LogP contribution in [0.3, 0.4) is 0 Å². The van der Waals surface area contributed by atoms with Crippen LogP contribution in [0.15, 0.2) is 73.1 Å². The van der Waals surface area contributed by atoms with Crippen molar-refractivity contribution in [3.8, 4) is 0 Å². The number of hydrogen-bond donors (Lipinski definition) is 2. The highest BCUT2D eigenvalue weighted by atomic mass is 16.5. The Bertz CT molecular complexity index is 1550. The quantitative estimate of drug-likeness (QED) is 0.260. The number of rotatable bonds is 7. The van der Waals surface area contributed by atoms with Gasteiger partial charge in [0.1, 0.15) is 5.65 Å². The number of nitrogens with one attached hydrogen (secondary N) is 1. The number of likely N-dealkylation sites (N-methyl/N-ethyl adjacent to an activating group) is 1. The first kappa shape index (κ1) is 28.1. The summed E-state index contributed by atoms with van der Waals surface area (Å²) in [5.41, 5.74) is 7.23. The van der Waals surface area contributed by atoms with E-state index in [4.69, 9.17) is 10.2 Å². The van der Waals surface area contributed by atoms with Crippen LogP contribution in [0.1, 0.15) is 56.2 Å². The van der Waals surface area contributed by atoms with Crippen LogP contribution in [-0.2, 0) is 13.1 Å². The Kier molecular flexibility index (Phi) is 8.32. The summed E-state index contributed by atoms with van der Waals surface area (Å²) in [6.07, 6.45) is 5.87. The molecule has 42 heavy (non-hydrogen) atoms. The predicted octanol–water partition coefficient (Wildman–Crippen LogP) is 3.97. The molecule has 2 fully saturated rings. The zero-order valence-corrected chi connectivity index (χ0v) is 24.1. The molecular weight excluding hydrogens is 528 g/mol. The highest BCUT2D eigenvalue weighted by Crippen LogP contribution is 2.30. The van der Waals surface area contributed by atoms with E-state index in [9.17, 15) is 9.59 Å². The maximum Gasteiger partial charge on any atom is 0.274 e. The summed E-state index contributed by atoms with van der Waals surface area (Å²) in [4.78, 5) is 36.6. The molecular formula is C33H38N6O3. The molecule has 0 bridgehead atoms. The number of hydrogen-bond acceptors (Lipinski definition) is 6. The molecule has 2 aromatic heterocycles. The average Bonchev–Trinajstić information content (AvgIpc) is 3.43. The second-order valence-electron chi connectivity index (χ2n) is 11.6. The van der Waals surface area contributed by atoms with Crippen LogP contribution in [0, 0.1) is 0 Å². The Balaban J connectivity index is 1.06. The number of benzene rings is 2.